The zero-order chi connectivity index (χ0) is 53.8. The monoisotopic (exact) mass is 1830 g/mol. The summed E-state index contributed by atoms with van der Waals surface area (Å²) in [4.78, 5) is 0. The third-order valence-electron chi connectivity index (χ3n) is 12.5. The summed E-state index contributed by atoms with van der Waals surface area (Å²) < 4.78 is 146. The van der Waals surface area contributed by atoms with Crippen molar-refractivity contribution in [3.05, 3.63) is 89.5 Å². The molecule has 0 amide bonds. The molecule has 4 heterocycles. The van der Waals surface area contributed by atoms with Gasteiger partial charge in [0, 0.05) is 67.7 Å². The first-order valence-corrected chi connectivity index (χ1v) is 42.1. The van der Waals surface area contributed by atoms with E-state index in [1.165, 1.54) is 100 Å². The molecule has 0 spiro atoms. The molecule has 4 aliphatic heterocycles. The maximum atomic E-state index is 13.0. The van der Waals surface area contributed by atoms with Crippen molar-refractivity contribution in [3.8, 4) is 51.7 Å². The Labute approximate surface area is 528 Å². The molecule has 28 heteroatoms. The number of aliphatic hydroxyl groups is 2. The van der Waals surface area contributed by atoms with Crippen LogP contribution in [0.15, 0.2) is 72.8 Å². The predicted molar refractivity (Wildman–Crippen MR) is 306 cm³/mol. The normalized spacial score (nSPS) is 23.8. The van der Waals surface area contributed by atoms with Crippen LogP contribution in [0.1, 0.15) is 88.3 Å². The Kier molecular flexibility index (Phi) is 30.1. The van der Waals surface area contributed by atoms with E-state index >= 15 is 0 Å². The number of aliphatic hydroxyl groups excluding tert-OH is 2. The maximum absolute atomic E-state index is 13.0. The molecule has 4 fully saturated rings. The van der Waals surface area contributed by atoms with Crippen LogP contribution < -0.4 is 55.9 Å². The van der Waals surface area contributed by atoms with E-state index in [9.17, 15) is 40.2 Å². The summed E-state index contributed by atoms with van der Waals surface area (Å²) in [6, 6.07) is 17.7. The van der Waals surface area contributed by atoms with E-state index in [0.29, 0.717) is 42.8 Å². The quantitative estimate of drug-likeness (QED) is 0.108. The van der Waals surface area contributed by atoms with Gasteiger partial charge >= 0.3 is 75.7 Å². The molecule has 12 rings (SSSR count). The summed E-state index contributed by atoms with van der Waals surface area (Å²) in [5.41, 5.74) is 2.05. The summed E-state index contributed by atoms with van der Waals surface area (Å²) in [7, 11) is 1.44. The maximum Gasteiger partial charge on any atom is 0.586 e. The molecule has 8 aliphatic rings. The van der Waals surface area contributed by atoms with E-state index in [-0.39, 0.29) is 115 Å². The summed E-state index contributed by atoms with van der Waals surface area (Å²) in [6.07, 6.45) is -1.19. The first-order chi connectivity index (χ1) is 35.1. The molecule has 4 saturated carbocycles. The van der Waals surface area contributed by atoms with Crippen molar-refractivity contribution in [2.45, 2.75) is 128 Å². The molecule has 0 aromatic heterocycles. The smallest absolute Gasteiger partial charge is 0.395 e. The van der Waals surface area contributed by atoms with Gasteiger partial charge in [-0.3, -0.25) is 0 Å². The third kappa shape index (κ3) is 22.0. The number of rotatable bonds is 6. The van der Waals surface area contributed by atoms with Gasteiger partial charge in [-0.2, -0.15) is 0 Å². The molecular formula is C49H54ClF8I6O12V-. The number of alkyl halides is 9. The number of fused-ring (bicyclic) bond motifs is 8. The first kappa shape index (κ1) is 70.9. The fourth-order valence-electron chi connectivity index (χ4n) is 9.58. The van der Waals surface area contributed by atoms with Gasteiger partial charge in [0.05, 0.1) is 32.5 Å². The fourth-order valence-corrected chi connectivity index (χ4v) is 9.74. The Bertz CT molecular complexity index is 2280. The molecule has 77 heavy (non-hydrogen) atoms. The van der Waals surface area contributed by atoms with Gasteiger partial charge in [0.25, 0.3) is 0 Å². The number of halogens is 15. The van der Waals surface area contributed by atoms with Gasteiger partial charge in [0.15, 0.2) is 46.0 Å². The molecule has 4 aromatic rings. The van der Waals surface area contributed by atoms with Crippen molar-refractivity contribution < 1.29 is 125 Å². The molecule has 12 nitrogen and oxygen atoms in total. The fraction of sp³-hybridized carbons (Fsp3) is 0.510. The number of methoxy groups -OCH3 is 1. The van der Waals surface area contributed by atoms with Gasteiger partial charge in [-0.25, -0.2) is 0 Å². The van der Waals surface area contributed by atoms with Crippen LogP contribution in [0.25, 0.3) is 0 Å². The van der Waals surface area contributed by atoms with E-state index in [2.05, 4.69) is 112 Å². The van der Waals surface area contributed by atoms with Crippen LogP contribution in [0, 0.1) is 23.7 Å². The van der Waals surface area contributed by atoms with Crippen LogP contribution in [-0.2, 0) is 42.4 Å². The summed E-state index contributed by atoms with van der Waals surface area (Å²) in [6.45, 7) is 0.217. The minimum atomic E-state index is -3.59. The van der Waals surface area contributed by atoms with E-state index in [1.807, 2.05) is 0 Å². The molecular weight excluding hydrogens is 1780 g/mol. The van der Waals surface area contributed by atoms with E-state index in [1.54, 1.807) is 18.2 Å². The molecule has 4 aliphatic carbocycles. The Balaban J connectivity index is 0.000000251. The predicted octanol–water partition coefficient (Wildman–Crippen LogP) is 13.7. The number of benzene rings is 4. The molecule has 1 radical (unpaired) electrons. The minimum Gasteiger partial charge on any atom is -0.395 e. The number of hydrogen-bond donors (Lipinski definition) is 2. The van der Waals surface area contributed by atoms with Crippen LogP contribution in [0.3, 0.4) is 0 Å². The van der Waals surface area contributed by atoms with Gasteiger partial charge in [-0.1, -0.05) is 51.3 Å². The van der Waals surface area contributed by atoms with Crippen LogP contribution in [0.4, 0.5) is 35.1 Å². The first-order valence-electron chi connectivity index (χ1n) is 22.7. The van der Waals surface area contributed by atoms with Crippen molar-refractivity contribution in [1.82, 2.24) is 0 Å². The molecule has 2 N–H and O–H groups in total. The zero-order valence-electron chi connectivity index (χ0n) is 39.7. The van der Waals surface area contributed by atoms with Gasteiger partial charge in [-0.05, 0) is 127 Å². The standard InChI is InChI=1S/C16H18F2O3.C8H5ClF2O2.2C8H6F2O3.C8H14O.CH4.I3.I2.HI.V/c17-16(18)20-14-4-3-12(8-15(14)21-16)9-19-13-6-10-1-2-11(5-10)7-13;9-4-5-1-2-6-7(3-5)13-8(10,11)12-6;1-11-5-2-3-6-7(4-5)13-8(9,10)12-6;9-8(10)12-6-2-1-5(4-11)3-7(6)13-8;9-8-4-6-1-2-7(3-6)5-8;;1-3-2;1-2;;/h3-4,8,10-11,13H,1-2,5-7,9H2;1-3H,4H2;2-4H,1H3;1-3,11H,4H2;6-9H,1-5H2;1H4;;;1H;/q;;;;;;-1;;;/t10-,11+,13?;;;;6-,7+,8?;;;;;. The summed E-state index contributed by atoms with van der Waals surface area (Å²) in [5, 5.41) is 18.0. The average Bonchev–Trinajstić information content (AvgIpc) is 4.19. The molecule has 433 valence electrons. The van der Waals surface area contributed by atoms with Crippen molar-refractivity contribution >= 4 is 110 Å². The second-order valence-electron chi connectivity index (χ2n) is 17.8. The van der Waals surface area contributed by atoms with E-state index in [4.69, 9.17) is 26.2 Å². The van der Waals surface area contributed by atoms with Crippen LogP contribution >= 0.6 is 110 Å². The average molecular weight is 1830 g/mol. The Morgan fingerprint density at radius 1 is 0.545 bits per heavy atom. The third-order valence-corrected chi connectivity index (χ3v) is 12.8. The Morgan fingerprint density at radius 2 is 0.870 bits per heavy atom. The largest absolute Gasteiger partial charge is 0.586 e. The number of ether oxygens (including phenoxy) is 10. The SMILES string of the molecule is C.COc1ccc2c(c1)OC(F)(F)O2.FC1(F)Oc2ccc(CCl)cc2O1.FC1(F)Oc2ccc(COC3C[C@H]4CC[C@@H](C3)C4)cc2O1.I.II.I[I-]I.OC1C[C@H]2CC[C@@H](C1)C2.OCc1ccc2c(c1)OC(F)(F)O2.[V]. The summed E-state index contributed by atoms with van der Waals surface area (Å²) in [5.74, 6) is 4.31. The van der Waals surface area contributed by atoms with Crippen LogP contribution in [-0.4, -0.2) is 54.7 Å². The van der Waals surface area contributed by atoms with Gasteiger partial charge in [-0.15, -0.1) is 70.7 Å². The minimum absolute atomic E-state index is 0. The molecule has 4 bridgehead atoms. The number of hydrogen-bond acceptors (Lipinski definition) is 12. The second-order valence-corrected chi connectivity index (χ2v) is 34.3. The van der Waals surface area contributed by atoms with Crippen LogP contribution in [0.5, 0.6) is 51.7 Å². The van der Waals surface area contributed by atoms with Crippen molar-refractivity contribution in [2.24, 2.45) is 23.7 Å². The molecule has 2 unspecified atom stereocenters. The van der Waals surface area contributed by atoms with E-state index < -0.39 is 25.2 Å². The van der Waals surface area contributed by atoms with Gasteiger partial charge < -0.3 is 57.6 Å². The summed E-state index contributed by atoms with van der Waals surface area (Å²) >= 11 is 15.1. The topological polar surface area (TPSA) is 133 Å². The van der Waals surface area contributed by atoms with Crippen molar-refractivity contribution in [1.29, 1.82) is 0 Å². The van der Waals surface area contributed by atoms with Gasteiger partial charge in [0.1, 0.15) is 5.75 Å². The van der Waals surface area contributed by atoms with Crippen molar-refractivity contribution in [2.75, 3.05) is 7.11 Å². The molecule has 6 atom stereocenters. The van der Waals surface area contributed by atoms with Crippen LogP contribution in [0.2, 0.25) is 0 Å². The molecule has 4 aromatic carbocycles. The van der Waals surface area contributed by atoms with Gasteiger partial charge in [0.2, 0.25) is 0 Å². The zero-order valence-corrected chi connectivity index (χ0v) is 55.0. The Morgan fingerprint density at radius 3 is 1.26 bits per heavy atom. The Hall–Kier alpha value is -0.346. The second kappa shape index (κ2) is 32.6. The van der Waals surface area contributed by atoms with E-state index in [0.717, 1.165) is 54.9 Å². The molecule has 0 saturated heterocycles. The van der Waals surface area contributed by atoms with Crippen molar-refractivity contribution in [3.63, 3.8) is 0 Å².